The standard InChI is InChI=1S/C12H11BrN2O/c13-10-6-2-1-4-8(10)11-9-5-3-7-14-12(9)16-15-11/h1-2,4,6,14H,3,5,7H2. The Bertz CT molecular complexity index is 521. The Morgan fingerprint density at radius 1 is 1.31 bits per heavy atom. The zero-order valence-corrected chi connectivity index (χ0v) is 10.3. The lowest BCUT2D eigenvalue weighted by atomic mass is 10.0. The van der Waals surface area contributed by atoms with Crippen LogP contribution in [0.25, 0.3) is 11.3 Å². The van der Waals surface area contributed by atoms with Crippen LogP contribution in [0.15, 0.2) is 33.3 Å². The summed E-state index contributed by atoms with van der Waals surface area (Å²) < 4.78 is 6.37. The van der Waals surface area contributed by atoms with Crippen molar-refractivity contribution in [3.8, 4) is 11.3 Å². The van der Waals surface area contributed by atoms with Crippen molar-refractivity contribution < 1.29 is 4.52 Å². The summed E-state index contributed by atoms with van der Waals surface area (Å²) in [6, 6.07) is 8.08. The minimum atomic E-state index is 0.831. The predicted molar refractivity (Wildman–Crippen MR) is 66.4 cm³/mol. The molecule has 0 fully saturated rings. The first-order chi connectivity index (χ1) is 7.86. The van der Waals surface area contributed by atoms with E-state index in [4.69, 9.17) is 4.52 Å². The highest BCUT2D eigenvalue weighted by molar-refractivity contribution is 9.10. The molecule has 1 aromatic carbocycles. The van der Waals surface area contributed by atoms with Crippen LogP contribution in [0.4, 0.5) is 5.88 Å². The number of benzene rings is 1. The Balaban J connectivity index is 2.13. The molecule has 4 heteroatoms. The fourth-order valence-corrected chi connectivity index (χ4v) is 2.48. The SMILES string of the molecule is Brc1ccccc1-c1noc2c1CCCN2. The van der Waals surface area contributed by atoms with Crippen molar-refractivity contribution in [2.45, 2.75) is 12.8 Å². The number of nitrogens with zero attached hydrogens (tertiary/aromatic N) is 1. The number of hydrogen-bond acceptors (Lipinski definition) is 3. The van der Waals surface area contributed by atoms with Crippen LogP contribution in [-0.2, 0) is 6.42 Å². The summed E-state index contributed by atoms with van der Waals surface area (Å²) >= 11 is 3.54. The van der Waals surface area contributed by atoms with Crippen LogP contribution < -0.4 is 5.32 Å². The van der Waals surface area contributed by atoms with Crippen molar-refractivity contribution in [3.63, 3.8) is 0 Å². The lowest BCUT2D eigenvalue weighted by Gasteiger charge is -2.11. The van der Waals surface area contributed by atoms with Crippen molar-refractivity contribution in [3.05, 3.63) is 34.3 Å². The molecule has 2 aromatic rings. The topological polar surface area (TPSA) is 38.1 Å². The number of hydrogen-bond donors (Lipinski definition) is 1. The molecule has 1 aliphatic heterocycles. The van der Waals surface area contributed by atoms with Crippen LogP contribution in [0, 0.1) is 0 Å². The van der Waals surface area contributed by atoms with Gasteiger partial charge in [0.2, 0.25) is 5.88 Å². The first-order valence-electron chi connectivity index (χ1n) is 5.33. The monoisotopic (exact) mass is 278 g/mol. The Morgan fingerprint density at radius 3 is 3.06 bits per heavy atom. The van der Waals surface area contributed by atoms with Crippen molar-refractivity contribution in [1.29, 1.82) is 0 Å². The van der Waals surface area contributed by atoms with Gasteiger partial charge in [-0.3, -0.25) is 0 Å². The highest BCUT2D eigenvalue weighted by Crippen LogP contribution is 2.35. The molecule has 3 rings (SSSR count). The molecule has 0 atom stereocenters. The number of rotatable bonds is 1. The Morgan fingerprint density at radius 2 is 2.19 bits per heavy atom. The van der Waals surface area contributed by atoms with Crippen LogP contribution in [0.2, 0.25) is 0 Å². The molecule has 0 unspecified atom stereocenters. The molecule has 3 nitrogen and oxygen atoms in total. The summed E-state index contributed by atoms with van der Waals surface area (Å²) in [6.45, 7) is 0.970. The lowest BCUT2D eigenvalue weighted by molar-refractivity contribution is 0.431. The zero-order chi connectivity index (χ0) is 11.0. The predicted octanol–water partition coefficient (Wildman–Crippen LogP) is 3.46. The van der Waals surface area contributed by atoms with Crippen LogP contribution in [0.3, 0.4) is 0 Å². The third-order valence-corrected chi connectivity index (χ3v) is 3.50. The van der Waals surface area contributed by atoms with Gasteiger partial charge in [0.05, 0.1) is 0 Å². The fourth-order valence-electron chi connectivity index (χ4n) is 2.01. The van der Waals surface area contributed by atoms with E-state index in [0.29, 0.717) is 0 Å². The van der Waals surface area contributed by atoms with Crippen LogP contribution in [0.5, 0.6) is 0 Å². The van der Waals surface area contributed by atoms with E-state index in [1.807, 2.05) is 18.2 Å². The molecule has 0 amide bonds. The van der Waals surface area contributed by atoms with Gasteiger partial charge in [-0.2, -0.15) is 0 Å². The molecule has 1 aliphatic rings. The third kappa shape index (κ3) is 1.53. The summed E-state index contributed by atoms with van der Waals surface area (Å²) in [6.07, 6.45) is 2.16. The van der Waals surface area contributed by atoms with Gasteiger partial charge < -0.3 is 9.84 Å². The van der Waals surface area contributed by atoms with E-state index >= 15 is 0 Å². The van der Waals surface area contributed by atoms with E-state index in [2.05, 4.69) is 32.5 Å². The van der Waals surface area contributed by atoms with E-state index < -0.39 is 0 Å². The highest BCUT2D eigenvalue weighted by atomic mass is 79.9. The van der Waals surface area contributed by atoms with E-state index in [1.165, 1.54) is 5.56 Å². The third-order valence-electron chi connectivity index (χ3n) is 2.81. The molecule has 0 bridgehead atoms. The lowest BCUT2D eigenvalue weighted by Crippen LogP contribution is -2.10. The van der Waals surface area contributed by atoms with Crippen LogP contribution in [0.1, 0.15) is 12.0 Å². The summed E-state index contributed by atoms with van der Waals surface area (Å²) in [5, 5.41) is 7.39. The van der Waals surface area contributed by atoms with E-state index in [9.17, 15) is 0 Å². The fraction of sp³-hybridized carbons (Fsp3) is 0.250. The largest absolute Gasteiger partial charge is 0.354 e. The Hall–Kier alpha value is -1.29. The minimum absolute atomic E-state index is 0.831. The summed E-state index contributed by atoms with van der Waals surface area (Å²) in [4.78, 5) is 0. The van der Waals surface area contributed by atoms with E-state index in [0.717, 1.165) is 41.0 Å². The van der Waals surface area contributed by atoms with Gasteiger partial charge in [-0.15, -0.1) is 0 Å². The van der Waals surface area contributed by atoms with Crippen molar-refractivity contribution >= 4 is 21.8 Å². The summed E-state index contributed by atoms with van der Waals surface area (Å²) in [7, 11) is 0. The van der Waals surface area contributed by atoms with Crippen LogP contribution in [-0.4, -0.2) is 11.7 Å². The molecule has 0 radical (unpaired) electrons. The van der Waals surface area contributed by atoms with Gasteiger partial charge in [0.1, 0.15) is 5.69 Å². The zero-order valence-electron chi connectivity index (χ0n) is 8.66. The molecule has 0 aliphatic carbocycles. The van der Waals surface area contributed by atoms with Gasteiger partial charge >= 0.3 is 0 Å². The molecule has 16 heavy (non-hydrogen) atoms. The molecule has 1 N–H and O–H groups in total. The smallest absolute Gasteiger partial charge is 0.228 e. The average Bonchev–Trinajstić information content (AvgIpc) is 2.74. The van der Waals surface area contributed by atoms with Crippen molar-refractivity contribution in [2.75, 3.05) is 11.9 Å². The molecular weight excluding hydrogens is 268 g/mol. The quantitative estimate of drug-likeness (QED) is 0.868. The van der Waals surface area contributed by atoms with Gasteiger partial charge in [-0.25, -0.2) is 0 Å². The first kappa shape index (κ1) is 9.90. The average molecular weight is 279 g/mol. The molecule has 0 saturated carbocycles. The summed E-state index contributed by atoms with van der Waals surface area (Å²) in [5.41, 5.74) is 3.24. The molecule has 2 heterocycles. The Labute approximate surface area is 102 Å². The van der Waals surface area contributed by atoms with Crippen molar-refractivity contribution in [2.24, 2.45) is 0 Å². The van der Waals surface area contributed by atoms with Crippen LogP contribution >= 0.6 is 15.9 Å². The van der Waals surface area contributed by atoms with Gasteiger partial charge in [0.15, 0.2) is 0 Å². The second kappa shape index (κ2) is 3.94. The molecular formula is C12H11BrN2O. The number of halogens is 1. The second-order valence-electron chi connectivity index (χ2n) is 3.85. The van der Waals surface area contributed by atoms with E-state index in [-0.39, 0.29) is 0 Å². The number of nitrogens with one attached hydrogen (secondary N) is 1. The molecule has 0 saturated heterocycles. The van der Waals surface area contributed by atoms with Gasteiger partial charge in [0, 0.05) is 22.1 Å². The highest BCUT2D eigenvalue weighted by Gasteiger charge is 2.21. The molecule has 1 aromatic heterocycles. The van der Waals surface area contributed by atoms with Crippen molar-refractivity contribution in [1.82, 2.24) is 5.16 Å². The molecule has 0 spiro atoms. The molecule has 82 valence electrons. The minimum Gasteiger partial charge on any atom is -0.354 e. The number of aromatic nitrogens is 1. The maximum absolute atomic E-state index is 5.31. The Kier molecular flexibility index (Phi) is 2.44. The maximum atomic E-state index is 5.31. The van der Waals surface area contributed by atoms with E-state index in [1.54, 1.807) is 0 Å². The number of anilines is 1. The second-order valence-corrected chi connectivity index (χ2v) is 4.70. The normalized spacial score (nSPS) is 14.3. The maximum Gasteiger partial charge on any atom is 0.228 e. The van der Waals surface area contributed by atoms with Gasteiger partial charge in [0.25, 0.3) is 0 Å². The summed E-state index contributed by atoms with van der Waals surface area (Å²) in [5.74, 6) is 0.831. The first-order valence-corrected chi connectivity index (χ1v) is 6.13. The van der Waals surface area contributed by atoms with Gasteiger partial charge in [-0.05, 0) is 18.9 Å². The number of fused-ring (bicyclic) bond motifs is 1. The van der Waals surface area contributed by atoms with Gasteiger partial charge in [-0.1, -0.05) is 39.3 Å².